The summed E-state index contributed by atoms with van der Waals surface area (Å²) in [5.74, 6) is 1.15. The second-order valence-corrected chi connectivity index (χ2v) is 9.53. The quantitative estimate of drug-likeness (QED) is 0.642. The van der Waals surface area contributed by atoms with Gasteiger partial charge in [-0.2, -0.15) is 0 Å². The number of fused-ring (bicyclic) bond motifs is 1. The highest BCUT2D eigenvalue weighted by Crippen LogP contribution is 2.42. The van der Waals surface area contributed by atoms with Crippen LogP contribution < -0.4 is 4.90 Å². The largest absolute Gasteiger partial charge is 0.356 e. The normalized spacial score (nSPS) is 19.7. The Morgan fingerprint density at radius 1 is 1.04 bits per heavy atom. The number of rotatable bonds is 4. The lowest BCUT2D eigenvalue weighted by Crippen LogP contribution is -2.42. The molecule has 1 spiro atoms. The van der Waals surface area contributed by atoms with Gasteiger partial charge >= 0.3 is 0 Å². The third-order valence-corrected chi connectivity index (χ3v) is 7.79. The fourth-order valence-electron chi connectivity index (χ4n) is 4.92. The minimum Gasteiger partial charge on any atom is -0.356 e. The molecule has 2 aromatic heterocycles. The van der Waals surface area contributed by atoms with Gasteiger partial charge in [0.25, 0.3) is 0 Å². The molecular weight excluding hydrogens is 364 g/mol. The number of aromatic nitrogens is 2. The van der Waals surface area contributed by atoms with Gasteiger partial charge < -0.3 is 4.90 Å². The van der Waals surface area contributed by atoms with Crippen molar-refractivity contribution in [1.29, 1.82) is 0 Å². The zero-order valence-electron chi connectivity index (χ0n) is 16.6. The van der Waals surface area contributed by atoms with E-state index >= 15 is 0 Å². The average Bonchev–Trinajstić information content (AvgIpc) is 3.33. The Balaban J connectivity index is 1.26. The predicted molar refractivity (Wildman–Crippen MR) is 117 cm³/mol. The molecule has 5 rings (SSSR count). The Labute approximate surface area is 171 Å². The molecule has 0 saturated carbocycles. The Kier molecular flexibility index (Phi) is 4.81. The van der Waals surface area contributed by atoms with Crippen LogP contribution in [0.15, 0.2) is 42.7 Å². The average molecular weight is 393 g/mol. The van der Waals surface area contributed by atoms with Crippen molar-refractivity contribution < 1.29 is 0 Å². The van der Waals surface area contributed by atoms with Crippen LogP contribution in [0.5, 0.6) is 0 Å². The van der Waals surface area contributed by atoms with Crippen LogP contribution in [0.25, 0.3) is 10.2 Å². The summed E-state index contributed by atoms with van der Waals surface area (Å²) >= 11 is 1.81. The number of benzene rings is 1. The molecule has 146 valence electrons. The maximum atomic E-state index is 4.68. The molecule has 0 unspecified atom stereocenters. The molecule has 1 aromatic carbocycles. The Hall–Kier alpha value is -1.98. The zero-order chi connectivity index (χ0) is 19.0. The lowest BCUT2D eigenvalue weighted by Gasteiger charge is -2.40. The van der Waals surface area contributed by atoms with E-state index in [0.717, 1.165) is 36.7 Å². The number of nitrogens with zero attached hydrogens (tertiary/aromatic N) is 4. The molecule has 2 fully saturated rings. The van der Waals surface area contributed by atoms with Crippen LogP contribution in [-0.4, -0.2) is 41.0 Å². The molecule has 4 nitrogen and oxygen atoms in total. The molecule has 4 heterocycles. The zero-order valence-corrected chi connectivity index (χ0v) is 17.4. The van der Waals surface area contributed by atoms with Gasteiger partial charge in [-0.1, -0.05) is 37.3 Å². The first-order valence-corrected chi connectivity index (χ1v) is 11.3. The van der Waals surface area contributed by atoms with E-state index in [1.54, 1.807) is 6.33 Å². The molecule has 5 heteroatoms. The van der Waals surface area contributed by atoms with Gasteiger partial charge in [-0.15, -0.1) is 11.3 Å². The summed E-state index contributed by atoms with van der Waals surface area (Å²) in [5, 5.41) is 1.25. The molecule has 0 bridgehead atoms. The van der Waals surface area contributed by atoms with E-state index in [4.69, 9.17) is 0 Å². The van der Waals surface area contributed by atoms with Crippen LogP contribution in [0, 0.1) is 5.41 Å². The number of aryl methyl sites for hydroxylation is 1. The van der Waals surface area contributed by atoms with Crippen molar-refractivity contribution in [3.8, 4) is 0 Å². The number of hydrogen-bond acceptors (Lipinski definition) is 5. The van der Waals surface area contributed by atoms with E-state index in [0.29, 0.717) is 5.41 Å². The van der Waals surface area contributed by atoms with Crippen molar-refractivity contribution in [3.05, 3.63) is 53.2 Å². The van der Waals surface area contributed by atoms with Crippen LogP contribution >= 0.6 is 11.3 Å². The van der Waals surface area contributed by atoms with Gasteiger partial charge in [0.1, 0.15) is 17.0 Å². The fraction of sp³-hybridized carbons (Fsp3) is 0.478. The molecule has 0 aliphatic carbocycles. The van der Waals surface area contributed by atoms with Gasteiger partial charge in [0.2, 0.25) is 0 Å². The van der Waals surface area contributed by atoms with Crippen molar-refractivity contribution in [2.75, 3.05) is 31.1 Å². The monoisotopic (exact) mass is 392 g/mol. The third-order valence-electron chi connectivity index (χ3n) is 6.60. The van der Waals surface area contributed by atoms with E-state index < -0.39 is 0 Å². The number of thiophene rings is 1. The van der Waals surface area contributed by atoms with E-state index in [9.17, 15) is 0 Å². The number of piperidine rings is 1. The van der Waals surface area contributed by atoms with Crippen molar-refractivity contribution in [2.24, 2.45) is 5.41 Å². The second-order valence-electron chi connectivity index (χ2n) is 8.42. The van der Waals surface area contributed by atoms with Crippen LogP contribution in [-0.2, 0) is 13.0 Å². The topological polar surface area (TPSA) is 32.3 Å². The van der Waals surface area contributed by atoms with Crippen LogP contribution in [0.1, 0.15) is 36.6 Å². The predicted octanol–water partition coefficient (Wildman–Crippen LogP) is 4.75. The van der Waals surface area contributed by atoms with Gasteiger partial charge in [0.05, 0.1) is 5.39 Å². The lowest BCUT2D eigenvalue weighted by molar-refractivity contribution is 0.206. The SMILES string of the molecule is CCc1cc2c(N3CCC4(CCN(Cc5ccccc5)C4)CC3)ncnc2s1. The van der Waals surface area contributed by atoms with Gasteiger partial charge in [-0.25, -0.2) is 9.97 Å². The summed E-state index contributed by atoms with van der Waals surface area (Å²) in [6.45, 7) is 8.01. The van der Waals surface area contributed by atoms with Crippen LogP contribution in [0.4, 0.5) is 5.82 Å². The summed E-state index contributed by atoms with van der Waals surface area (Å²) < 4.78 is 0. The maximum Gasteiger partial charge on any atom is 0.140 e. The Morgan fingerprint density at radius 3 is 2.61 bits per heavy atom. The van der Waals surface area contributed by atoms with E-state index in [-0.39, 0.29) is 0 Å². The number of anilines is 1. The molecular formula is C23H28N4S. The van der Waals surface area contributed by atoms with E-state index in [1.807, 2.05) is 11.3 Å². The molecule has 0 radical (unpaired) electrons. The minimum absolute atomic E-state index is 0.501. The Bertz CT molecular complexity index is 944. The van der Waals surface area contributed by atoms with Gasteiger partial charge in [-0.3, -0.25) is 4.90 Å². The van der Waals surface area contributed by atoms with Crippen LogP contribution in [0.2, 0.25) is 0 Å². The third kappa shape index (κ3) is 3.42. The lowest BCUT2D eigenvalue weighted by atomic mass is 9.78. The summed E-state index contributed by atoms with van der Waals surface area (Å²) in [4.78, 5) is 16.9. The Morgan fingerprint density at radius 2 is 1.82 bits per heavy atom. The summed E-state index contributed by atoms with van der Waals surface area (Å²) in [6, 6.07) is 13.2. The second kappa shape index (κ2) is 7.45. The number of hydrogen-bond donors (Lipinski definition) is 0. The molecule has 2 aliphatic rings. The minimum atomic E-state index is 0.501. The first-order valence-electron chi connectivity index (χ1n) is 10.5. The number of likely N-dealkylation sites (tertiary alicyclic amines) is 1. The van der Waals surface area contributed by atoms with E-state index in [1.165, 1.54) is 48.2 Å². The summed E-state index contributed by atoms with van der Waals surface area (Å²) in [7, 11) is 0. The molecule has 2 aliphatic heterocycles. The summed E-state index contributed by atoms with van der Waals surface area (Å²) in [6.07, 6.45) is 6.70. The first-order chi connectivity index (χ1) is 13.7. The van der Waals surface area contributed by atoms with Crippen molar-refractivity contribution in [2.45, 2.75) is 39.2 Å². The van der Waals surface area contributed by atoms with Crippen molar-refractivity contribution in [1.82, 2.24) is 14.9 Å². The van der Waals surface area contributed by atoms with E-state index in [2.05, 4.69) is 63.1 Å². The maximum absolute atomic E-state index is 4.68. The van der Waals surface area contributed by atoms with Gasteiger partial charge in [0.15, 0.2) is 0 Å². The molecule has 2 saturated heterocycles. The van der Waals surface area contributed by atoms with Crippen molar-refractivity contribution >= 4 is 27.4 Å². The van der Waals surface area contributed by atoms with Crippen molar-refractivity contribution in [3.63, 3.8) is 0 Å². The summed E-state index contributed by atoms with van der Waals surface area (Å²) in [5.41, 5.74) is 1.94. The molecule has 28 heavy (non-hydrogen) atoms. The smallest absolute Gasteiger partial charge is 0.140 e. The first kappa shape index (κ1) is 18.1. The molecule has 0 N–H and O–H groups in total. The molecule has 0 atom stereocenters. The molecule has 3 aromatic rings. The highest BCUT2D eigenvalue weighted by atomic mass is 32.1. The standard InChI is InChI=1S/C23H28N4S/c1-2-19-14-20-21(24-17-25-22(20)28-19)27-12-9-23(10-13-27)8-11-26(16-23)15-18-6-4-3-5-7-18/h3-7,14,17H,2,8-13,15-16H2,1H3. The highest BCUT2D eigenvalue weighted by Gasteiger charge is 2.40. The van der Waals surface area contributed by atoms with Gasteiger partial charge in [-0.05, 0) is 49.3 Å². The van der Waals surface area contributed by atoms with Gasteiger partial charge in [0, 0.05) is 31.1 Å². The van der Waals surface area contributed by atoms with Crippen LogP contribution in [0.3, 0.4) is 0 Å². The molecule has 0 amide bonds. The fourth-order valence-corrected chi connectivity index (χ4v) is 5.85. The highest BCUT2D eigenvalue weighted by molar-refractivity contribution is 7.18.